The van der Waals surface area contributed by atoms with Crippen molar-refractivity contribution < 1.29 is 22.5 Å². The lowest BCUT2D eigenvalue weighted by atomic mass is 9.76. The van der Waals surface area contributed by atoms with Gasteiger partial charge in [-0.1, -0.05) is 16.7 Å². The molecule has 9 heteroatoms. The molecule has 0 N–H and O–H groups in total. The van der Waals surface area contributed by atoms with E-state index in [0.29, 0.717) is 0 Å². The maximum Gasteiger partial charge on any atom is 0.509 e. The molecule has 0 saturated carbocycles. The van der Waals surface area contributed by atoms with Crippen molar-refractivity contribution >= 4 is 24.1 Å². The van der Waals surface area contributed by atoms with E-state index in [1.165, 1.54) is 6.92 Å². The molecule has 0 fully saturated rings. The quantitative estimate of drug-likeness (QED) is 0.279. The van der Waals surface area contributed by atoms with Crippen LogP contribution < -0.4 is 5.46 Å². The second-order valence-electron chi connectivity index (χ2n) is 5.48. The molecule has 0 saturated heterocycles. The third kappa shape index (κ3) is 4.42. The second kappa shape index (κ2) is 5.69. The van der Waals surface area contributed by atoms with Crippen LogP contribution in [0.1, 0.15) is 36.7 Å². The Labute approximate surface area is 119 Å². The van der Waals surface area contributed by atoms with Gasteiger partial charge in [-0.2, -0.15) is 0 Å². The number of halogens is 3. The van der Waals surface area contributed by atoms with E-state index in [1.54, 1.807) is 20.8 Å². The Hall–Kier alpha value is -2.15. The van der Waals surface area contributed by atoms with Gasteiger partial charge in [-0.05, 0) is 39.3 Å². The van der Waals surface area contributed by atoms with Gasteiger partial charge in [0.15, 0.2) is 0 Å². The van der Waals surface area contributed by atoms with Crippen LogP contribution in [0.5, 0.6) is 0 Å². The maximum atomic E-state index is 13.0. The van der Waals surface area contributed by atoms with Crippen molar-refractivity contribution in [2.75, 3.05) is 0 Å². The summed E-state index contributed by atoms with van der Waals surface area (Å²) >= 11 is 0. The zero-order chi connectivity index (χ0) is 16.4. The van der Waals surface area contributed by atoms with Crippen LogP contribution in [0.25, 0.3) is 10.4 Å². The first-order valence-electron chi connectivity index (χ1n) is 6.08. The summed E-state index contributed by atoms with van der Waals surface area (Å²) in [6, 6.07) is 1.81. The highest BCUT2D eigenvalue weighted by molar-refractivity contribution is 6.74. The summed E-state index contributed by atoms with van der Waals surface area (Å²) in [6.07, 6.45) is 0. The van der Waals surface area contributed by atoms with Crippen molar-refractivity contribution in [1.29, 1.82) is 0 Å². The number of carbonyl (C=O) groups is 1. The molecular formula is C12H14BF3N3O2-. The molecule has 0 aliphatic heterocycles. The number of azide groups is 1. The SMILES string of the molecule is Cc1c(N=[N+]=[N-])cc(C(=O)OC(C)(C)C)cc1[B-](F)(F)F. The molecule has 0 unspecified atom stereocenters. The maximum absolute atomic E-state index is 13.0. The Morgan fingerprint density at radius 1 is 1.33 bits per heavy atom. The first-order chi connectivity index (χ1) is 9.45. The molecule has 0 aliphatic carbocycles. The van der Waals surface area contributed by atoms with Crippen molar-refractivity contribution in [3.8, 4) is 0 Å². The number of ether oxygens (including phenoxy) is 1. The number of esters is 1. The molecule has 1 aromatic carbocycles. The molecule has 1 rings (SSSR count). The fourth-order valence-corrected chi connectivity index (χ4v) is 1.67. The van der Waals surface area contributed by atoms with Gasteiger partial charge in [-0.25, -0.2) is 4.79 Å². The van der Waals surface area contributed by atoms with Gasteiger partial charge in [0.2, 0.25) is 0 Å². The molecular weight excluding hydrogens is 286 g/mol. The summed E-state index contributed by atoms with van der Waals surface area (Å²) in [4.78, 5) is 14.4. The van der Waals surface area contributed by atoms with E-state index in [9.17, 15) is 17.7 Å². The van der Waals surface area contributed by atoms with Gasteiger partial charge in [0.05, 0.1) is 5.56 Å². The van der Waals surface area contributed by atoms with Gasteiger partial charge in [-0.15, -0.1) is 5.46 Å². The standard InChI is InChI=1S/C12H14BF3N3O2/c1-7-9(13(14,15)16)5-8(6-10(7)18-19-17)11(20)21-12(2,3)4/h5-6H,1-4H3/q-1. The Morgan fingerprint density at radius 2 is 1.90 bits per heavy atom. The van der Waals surface area contributed by atoms with Crippen molar-refractivity contribution in [1.82, 2.24) is 0 Å². The number of hydrogen-bond acceptors (Lipinski definition) is 3. The number of benzene rings is 1. The van der Waals surface area contributed by atoms with Crippen LogP contribution in [0.2, 0.25) is 0 Å². The molecule has 5 nitrogen and oxygen atoms in total. The molecule has 21 heavy (non-hydrogen) atoms. The Bertz CT molecular complexity index is 617. The predicted octanol–water partition coefficient (Wildman–Crippen LogP) is 3.95. The largest absolute Gasteiger partial charge is 0.509 e. The minimum atomic E-state index is -5.34. The molecule has 0 atom stereocenters. The van der Waals surface area contributed by atoms with Crippen LogP contribution in [0, 0.1) is 6.92 Å². The molecule has 0 heterocycles. The lowest BCUT2D eigenvalue weighted by Gasteiger charge is -2.23. The molecule has 114 valence electrons. The highest BCUT2D eigenvalue weighted by Crippen LogP contribution is 2.24. The molecule has 0 aliphatic rings. The van der Waals surface area contributed by atoms with Gasteiger partial charge in [0, 0.05) is 10.6 Å². The zero-order valence-corrected chi connectivity index (χ0v) is 12.0. The third-order valence-electron chi connectivity index (χ3n) is 2.56. The van der Waals surface area contributed by atoms with Crippen LogP contribution in [-0.4, -0.2) is 18.5 Å². The van der Waals surface area contributed by atoms with E-state index < -0.39 is 24.0 Å². The van der Waals surface area contributed by atoms with Crippen molar-refractivity contribution in [3.63, 3.8) is 0 Å². The molecule has 0 aromatic heterocycles. The van der Waals surface area contributed by atoms with Crippen molar-refractivity contribution in [3.05, 3.63) is 33.7 Å². The molecule has 1 aromatic rings. The Morgan fingerprint density at radius 3 is 2.33 bits per heavy atom. The smallest absolute Gasteiger partial charge is 0.456 e. The fourth-order valence-electron chi connectivity index (χ4n) is 1.67. The Kier molecular flexibility index (Phi) is 4.58. The molecule has 0 spiro atoms. The lowest BCUT2D eigenvalue weighted by molar-refractivity contribution is 0.00697. The van der Waals surface area contributed by atoms with E-state index in [4.69, 9.17) is 10.3 Å². The lowest BCUT2D eigenvalue weighted by Crippen LogP contribution is -2.37. The van der Waals surface area contributed by atoms with Gasteiger partial charge >= 0.3 is 12.9 Å². The number of hydrogen-bond donors (Lipinski definition) is 0. The summed E-state index contributed by atoms with van der Waals surface area (Å²) in [5.74, 6) is -0.904. The van der Waals surface area contributed by atoms with Gasteiger partial charge in [-0.3, -0.25) is 0 Å². The number of nitrogens with zero attached hydrogens (tertiary/aromatic N) is 3. The van der Waals surface area contributed by atoms with Crippen molar-refractivity contribution in [2.45, 2.75) is 33.3 Å². The van der Waals surface area contributed by atoms with E-state index >= 15 is 0 Å². The Balaban J connectivity index is 3.44. The monoisotopic (exact) mass is 300 g/mol. The summed E-state index contributed by atoms with van der Waals surface area (Å²) in [5, 5.41) is 3.20. The summed E-state index contributed by atoms with van der Waals surface area (Å²) < 4.78 is 44.1. The van der Waals surface area contributed by atoms with Crippen LogP contribution in [0.15, 0.2) is 17.2 Å². The van der Waals surface area contributed by atoms with Gasteiger partial charge < -0.3 is 17.7 Å². The number of rotatable bonds is 3. The first-order valence-corrected chi connectivity index (χ1v) is 6.08. The first kappa shape index (κ1) is 16.9. The minimum Gasteiger partial charge on any atom is -0.456 e. The zero-order valence-electron chi connectivity index (χ0n) is 12.0. The van der Waals surface area contributed by atoms with Gasteiger partial charge in [0.25, 0.3) is 0 Å². The van der Waals surface area contributed by atoms with Gasteiger partial charge in [0.1, 0.15) is 5.60 Å². The summed E-state index contributed by atoms with van der Waals surface area (Å²) in [6.45, 7) is 0.646. The highest BCUT2D eigenvalue weighted by Gasteiger charge is 2.30. The normalized spacial score (nSPS) is 11.8. The average Bonchev–Trinajstić information content (AvgIpc) is 2.28. The van der Waals surface area contributed by atoms with E-state index in [2.05, 4.69) is 10.0 Å². The second-order valence-corrected chi connectivity index (χ2v) is 5.48. The summed E-state index contributed by atoms with van der Waals surface area (Å²) in [5.41, 5.74) is 5.85. The highest BCUT2D eigenvalue weighted by atomic mass is 19.4. The molecule has 0 bridgehead atoms. The topological polar surface area (TPSA) is 75.1 Å². The van der Waals surface area contributed by atoms with Crippen molar-refractivity contribution in [2.24, 2.45) is 5.11 Å². The number of carbonyl (C=O) groups excluding carboxylic acids is 1. The predicted molar refractivity (Wildman–Crippen MR) is 73.9 cm³/mol. The van der Waals surface area contributed by atoms with E-state index in [-0.39, 0.29) is 16.8 Å². The van der Waals surface area contributed by atoms with E-state index in [0.717, 1.165) is 12.1 Å². The average molecular weight is 300 g/mol. The van der Waals surface area contributed by atoms with Crippen LogP contribution in [0.3, 0.4) is 0 Å². The third-order valence-corrected chi connectivity index (χ3v) is 2.56. The minimum absolute atomic E-state index is 0.215. The fraction of sp³-hybridized carbons (Fsp3) is 0.417. The van der Waals surface area contributed by atoms with Crippen LogP contribution >= 0.6 is 0 Å². The van der Waals surface area contributed by atoms with Crippen LogP contribution in [-0.2, 0) is 4.74 Å². The molecule has 0 amide bonds. The summed E-state index contributed by atoms with van der Waals surface area (Å²) in [7, 11) is 0. The molecule has 0 radical (unpaired) electrons. The van der Waals surface area contributed by atoms with E-state index in [1.807, 2.05) is 0 Å². The van der Waals surface area contributed by atoms with Crippen LogP contribution in [0.4, 0.5) is 18.6 Å².